The maximum atomic E-state index is 12.9. The molecule has 0 saturated carbocycles. The SMILES string of the molecule is Cc1cccc(Cn2cccc(C(=O)NC3CCN(C(=O)c4ccncc4)CC3)c2=O)c1. The molecule has 1 aliphatic rings. The fourth-order valence-corrected chi connectivity index (χ4v) is 4.01. The zero-order chi connectivity index (χ0) is 22.5. The van der Waals surface area contributed by atoms with Crippen LogP contribution in [0.3, 0.4) is 0 Å². The van der Waals surface area contributed by atoms with E-state index >= 15 is 0 Å². The number of carbonyl (C=O) groups excluding carboxylic acids is 2. The molecule has 7 nitrogen and oxygen atoms in total. The number of hydrogen-bond acceptors (Lipinski definition) is 4. The van der Waals surface area contributed by atoms with Gasteiger partial charge in [-0.15, -0.1) is 0 Å². The minimum Gasteiger partial charge on any atom is -0.349 e. The summed E-state index contributed by atoms with van der Waals surface area (Å²) in [7, 11) is 0. The van der Waals surface area contributed by atoms with Crippen molar-refractivity contribution in [2.75, 3.05) is 13.1 Å². The van der Waals surface area contributed by atoms with Gasteiger partial charge >= 0.3 is 0 Å². The summed E-state index contributed by atoms with van der Waals surface area (Å²) in [6, 6.07) is 14.6. The lowest BCUT2D eigenvalue weighted by Crippen LogP contribution is -2.47. The molecule has 7 heteroatoms. The molecule has 3 heterocycles. The number of pyridine rings is 2. The van der Waals surface area contributed by atoms with E-state index < -0.39 is 0 Å². The quantitative estimate of drug-likeness (QED) is 0.675. The Balaban J connectivity index is 1.37. The molecule has 164 valence electrons. The van der Waals surface area contributed by atoms with Gasteiger partial charge in [-0.05, 0) is 49.6 Å². The normalized spacial score (nSPS) is 14.2. The summed E-state index contributed by atoms with van der Waals surface area (Å²) >= 11 is 0. The molecule has 4 rings (SSSR count). The van der Waals surface area contributed by atoms with Crippen molar-refractivity contribution in [3.05, 3.63) is 99.7 Å². The average molecular weight is 431 g/mol. The van der Waals surface area contributed by atoms with E-state index in [1.807, 2.05) is 31.2 Å². The van der Waals surface area contributed by atoms with Gasteiger partial charge in [0.25, 0.3) is 17.4 Å². The number of nitrogens with zero attached hydrogens (tertiary/aromatic N) is 3. The Hall–Kier alpha value is -3.74. The summed E-state index contributed by atoms with van der Waals surface area (Å²) in [6.07, 6.45) is 6.20. The first-order valence-electron chi connectivity index (χ1n) is 10.8. The lowest BCUT2D eigenvalue weighted by molar-refractivity contribution is 0.0698. The van der Waals surface area contributed by atoms with Crippen molar-refractivity contribution < 1.29 is 9.59 Å². The zero-order valence-electron chi connectivity index (χ0n) is 18.0. The number of carbonyl (C=O) groups is 2. The van der Waals surface area contributed by atoms with Crippen LogP contribution in [0, 0.1) is 6.92 Å². The van der Waals surface area contributed by atoms with Crippen molar-refractivity contribution in [1.29, 1.82) is 0 Å². The van der Waals surface area contributed by atoms with E-state index in [-0.39, 0.29) is 29.0 Å². The van der Waals surface area contributed by atoms with E-state index in [9.17, 15) is 14.4 Å². The van der Waals surface area contributed by atoms with Crippen LogP contribution in [0.2, 0.25) is 0 Å². The minimum absolute atomic E-state index is 0.0285. The van der Waals surface area contributed by atoms with Crippen LogP contribution in [0.4, 0.5) is 0 Å². The Labute approximate surface area is 186 Å². The van der Waals surface area contributed by atoms with Gasteiger partial charge < -0.3 is 14.8 Å². The van der Waals surface area contributed by atoms with Crippen molar-refractivity contribution in [3.8, 4) is 0 Å². The second-order valence-electron chi connectivity index (χ2n) is 8.12. The zero-order valence-corrected chi connectivity index (χ0v) is 18.0. The van der Waals surface area contributed by atoms with Gasteiger partial charge in [-0.3, -0.25) is 19.4 Å². The predicted molar refractivity (Wildman–Crippen MR) is 122 cm³/mol. The van der Waals surface area contributed by atoms with E-state index in [1.165, 1.54) is 0 Å². The third-order valence-corrected chi connectivity index (χ3v) is 5.74. The molecule has 0 atom stereocenters. The molecular weight excluding hydrogens is 404 g/mol. The summed E-state index contributed by atoms with van der Waals surface area (Å²) < 4.78 is 1.56. The van der Waals surface area contributed by atoms with Gasteiger partial charge in [0.2, 0.25) is 0 Å². The van der Waals surface area contributed by atoms with Crippen LogP contribution in [-0.4, -0.2) is 45.4 Å². The van der Waals surface area contributed by atoms with Gasteiger partial charge in [-0.1, -0.05) is 29.8 Å². The molecule has 0 bridgehead atoms. The van der Waals surface area contributed by atoms with Crippen LogP contribution in [0.25, 0.3) is 0 Å². The van der Waals surface area contributed by atoms with Crippen molar-refractivity contribution in [1.82, 2.24) is 19.8 Å². The van der Waals surface area contributed by atoms with E-state index in [1.54, 1.807) is 52.3 Å². The van der Waals surface area contributed by atoms with Crippen molar-refractivity contribution in [2.24, 2.45) is 0 Å². The number of likely N-dealkylation sites (tertiary alicyclic amines) is 1. The fraction of sp³-hybridized carbons (Fsp3) is 0.280. The standard InChI is InChI=1S/C25H26N4O3/c1-18-4-2-5-19(16-18)17-29-13-3-6-22(25(29)32)23(30)27-21-9-14-28(15-10-21)24(31)20-7-11-26-12-8-20/h2-8,11-13,16,21H,9-10,14-15,17H2,1H3,(H,27,30). The second-order valence-corrected chi connectivity index (χ2v) is 8.12. The van der Waals surface area contributed by atoms with E-state index in [4.69, 9.17) is 0 Å². The van der Waals surface area contributed by atoms with Crippen LogP contribution in [0.5, 0.6) is 0 Å². The molecule has 0 aliphatic carbocycles. The van der Waals surface area contributed by atoms with Gasteiger partial charge in [-0.25, -0.2) is 0 Å². The number of piperidine rings is 1. The largest absolute Gasteiger partial charge is 0.349 e. The highest BCUT2D eigenvalue weighted by Gasteiger charge is 2.25. The number of rotatable bonds is 5. The molecule has 1 saturated heterocycles. The minimum atomic E-state index is -0.368. The molecule has 0 radical (unpaired) electrons. The Bertz CT molecular complexity index is 1170. The third-order valence-electron chi connectivity index (χ3n) is 5.74. The smallest absolute Gasteiger partial charge is 0.263 e. The number of hydrogen-bond donors (Lipinski definition) is 1. The van der Waals surface area contributed by atoms with Crippen LogP contribution in [0.1, 0.15) is 44.7 Å². The van der Waals surface area contributed by atoms with Crippen molar-refractivity contribution >= 4 is 11.8 Å². The second kappa shape index (κ2) is 9.60. The summed E-state index contributed by atoms with van der Waals surface area (Å²) in [6.45, 7) is 3.53. The first-order chi connectivity index (χ1) is 15.5. The maximum Gasteiger partial charge on any atom is 0.263 e. The van der Waals surface area contributed by atoms with Crippen molar-refractivity contribution in [3.63, 3.8) is 0 Å². The summed E-state index contributed by atoms with van der Waals surface area (Å²) in [5.74, 6) is -0.397. The monoisotopic (exact) mass is 430 g/mol. The van der Waals surface area contributed by atoms with E-state index in [0.717, 1.165) is 11.1 Å². The highest BCUT2D eigenvalue weighted by atomic mass is 16.2. The lowest BCUT2D eigenvalue weighted by Gasteiger charge is -2.32. The Kier molecular flexibility index (Phi) is 6.44. The summed E-state index contributed by atoms with van der Waals surface area (Å²) in [4.78, 5) is 44.0. The van der Waals surface area contributed by atoms with Gasteiger partial charge in [0, 0.05) is 43.3 Å². The van der Waals surface area contributed by atoms with Crippen LogP contribution in [0.15, 0.2) is 71.9 Å². The number of benzene rings is 1. The lowest BCUT2D eigenvalue weighted by atomic mass is 10.0. The molecular formula is C25H26N4O3. The first-order valence-corrected chi connectivity index (χ1v) is 10.8. The Morgan fingerprint density at radius 1 is 1.06 bits per heavy atom. The Morgan fingerprint density at radius 2 is 1.81 bits per heavy atom. The third kappa shape index (κ3) is 4.94. The van der Waals surface area contributed by atoms with Crippen LogP contribution >= 0.6 is 0 Å². The fourth-order valence-electron chi connectivity index (χ4n) is 4.01. The number of aryl methyl sites for hydroxylation is 1. The van der Waals surface area contributed by atoms with Crippen molar-refractivity contribution in [2.45, 2.75) is 32.4 Å². The van der Waals surface area contributed by atoms with E-state index in [0.29, 0.717) is 38.0 Å². The summed E-state index contributed by atoms with van der Waals surface area (Å²) in [5.41, 5.74) is 2.57. The average Bonchev–Trinajstić information content (AvgIpc) is 2.81. The highest BCUT2D eigenvalue weighted by Crippen LogP contribution is 2.14. The molecule has 1 aromatic carbocycles. The topological polar surface area (TPSA) is 84.3 Å². The Morgan fingerprint density at radius 3 is 2.53 bits per heavy atom. The van der Waals surface area contributed by atoms with Crippen LogP contribution < -0.4 is 10.9 Å². The van der Waals surface area contributed by atoms with Gasteiger partial charge in [0.15, 0.2) is 0 Å². The molecule has 2 amide bonds. The molecule has 1 aliphatic heterocycles. The number of nitrogens with one attached hydrogen (secondary N) is 1. The predicted octanol–water partition coefficient (Wildman–Crippen LogP) is 2.63. The molecule has 0 unspecified atom stereocenters. The number of aromatic nitrogens is 2. The molecule has 1 N–H and O–H groups in total. The summed E-state index contributed by atoms with van der Waals surface area (Å²) in [5, 5.41) is 2.98. The number of amides is 2. The maximum absolute atomic E-state index is 12.9. The molecule has 1 fully saturated rings. The molecule has 0 spiro atoms. The first kappa shape index (κ1) is 21.5. The molecule has 32 heavy (non-hydrogen) atoms. The van der Waals surface area contributed by atoms with Gasteiger partial charge in [0.1, 0.15) is 5.56 Å². The van der Waals surface area contributed by atoms with Gasteiger partial charge in [0.05, 0.1) is 6.54 Å². The molecule has 3 aromatic rings. The van der Waals surface area contributed by atoms with Crippen LogP contribution in [-0.2, 0) is 6.54 Å². The molecule has 2 aromatic heterocycles. The van der Waals surface area contributed by atoms with E-state index in [2.05, 4.69) is 10.3 Å². The highest BCUT2D eigenvalue weighted by molar-refractivity contribution is 5.95. The van der Waals surface area contributed by atoms with Gasteiger partial charge in [-0.2, -0.15) is 0 Å².